The monoisotopic (exact) mass is 156 g/mol. The van der Waals surface area contributed by atoms with Gasteiger partial charge in [-0.25, -0.2) is 0 Å². The number of hydrogen-bond donors (Lipinski definition) is 1. The van der Waals surface area contributed by atoms with E-state index in [0.29, 0.717) is 0 Å². The number of rotatable bonds is 3. The van der Waals surface area contributed by atoms with Crippen molar-refractivity contribution >= 4 is 0 Å². The molecule has 1 rings (SSSR count). The van der Waals surface area contributed by atoms with Gasteiger partial charge in [0.15, 0.2) is 0 Å². The molecule has 1 fully saturated rings. The second kappa shape index (κ2) is 4.73. The summed E-state index contributed by atoms with van der Waals surface area (Å²) in [4.78, 5) is 2.56. The highest BCUT2D eigenvalue weighted by atomic mass is 15.1. The SMILES string of the molecule is CNCCN1CCC[C@H](C)C1. The fourth-order valence-electron chi connectivity index (χ4n) is 1.76. The predicted octanol–water partition coefficient (Wildman–Crippen LogP) is 0.938. The number of nitrogens with one attached hydrogen (secondary N) is 1. The normalized spacial score (nSPS) is 27.3. The van der Waals surface area contributed by atoms with E-state index in [1.165, 1.54) is 32.5 Å². The Kier molecular flexibility index (Phi) is 3.87. The molecule has 0 aliphatic carbocycles. The van der Waals surface area contributed by atoms with Crippen molar-refractivity contribution in [1.29, 1.82) is 0 Å². The number of nitrogens with zero attached hydrogens (tertiary/aromatic N) is 1. The molecular weight excluding hydrogens is 136 g/mol. The number of likely N-dealkylation sites (tertiary alicyclic amines) is 1. The first-order valence-electron chi connectivity index (χ1n) is 4.70. The fourth-order valence-corrected chi connectivity index (χ4v) is 1.76. The molecule has 0 radical (unpaired) electrons. The molecule has 66 valence electrons. The summed E-state index contributed by atoms with van der Waals surface area (Å²) < 4.78 is 0. The average molecular weight is 156 g/mol. The van der Waals surface area contributed by atoms with E-state index in [0.717, 1.165) is 12.5 Å². The van der Waals surface area contributed by atoms with Crippen LogP contribution in [0.1, 0.15) is 19.8 Å². The van der Waals surface area contributed by atoms with Crippen LogP contribution in [0.4, 0.5) is 0 Å². The smallest absolute Gasteiger partial charge is 0.0107 e. The molecule has 1 N–H and O–H groups in total. The molecule has 0 aromatic heterocycles. The molecule has 2 nitrogen and oxygen atoms in total. The summed E-state index contributed by atoms with van der Waals surface area (Å²) in [7, 11) is 2.02. The Morgan fingerprint density at radius 2 is 2.36 bits per heavy atom. The molecule has 1 aliphatic heterocycles. The van der Waals surface area contributed by atoms with E-state index in [-0.39, 0.29) is 0 Å². The van der Waals surface area contributed by atoms with Crippen molar-refractivity contribution in [2.45, 2.75) is 19.8 Å². The van der Waals surface area contributed by atoms with E-state index in [9.17, 15) is 0 Å². The maximum atomic E-state index is 3.19. The van der Waals surface area contributed by atoms with Gasteiger partial charge in [0.05, 0.1) is 0 Å². The van der Waals surface area contributed by atoms with E-state index in [2.05, 4.69) is 17.1 Å². The van der Waals surface area contributed by atoms with Gasteiger partial charge >= 0.3 is 0 Å². The topological polar surface area (TPSA) is 15.3 Å². The third-order valence-corrected chi connectivity index (χ3v) is 2.42. The van der Waals surface area contributed by atoms with E-state index < -0.39 is 0 Å². The van der Waals surface area contributed by atoms with Crippen molar-refractivity contribution in [2.75, 3.05) is 33.2 Å². The second-order valence-electron chi connectivity index (χ2n) is 3.65. The highest BCUT2D eigenvalue weighted by molar-refractivity contribution is 4.69. The van der Waals surface area contributed by atoms with Crippen LogP contribution >= 0.6 is 0 Å². The van der Waals surface area contributed by atoms with E-state index in [4.69, 9.17) is 0 Å². The third-order valence-electron chi connectivity index (χ3n) is 2.42. The Bertz CT molecular complexity index is 104. The molecule has 0 amide bonds. The van der Waals surface area contributed by atoms with Gasteiger partial charge in [0.2, 0.25) is 0 Å². The largest absolute Gasteiger partial charge is 0.318 e. The van der Waals surface area contributed by atoms with Crippen LogP contribution in [0.3, 0.4) is 0 Å². The Hall–Kier alpha value is -0.0800. The molecule has 11 heavy (non-hydrogen) atoms. The maximum absolute atomic E-state index is 3.19. The molecule has 0 spiro atoms. The second-order valence-corrected chi connectivity index (χ2v) is 3.65. The maximum Gasteiger partial charge on any atom is 0.0107 e. The molecule has 1 atom stereocenters. The molecular formula is C9H20N2. The molecule has 2 heteroatoms. The van der Waals surface area contributed by atoms with E-state index in [1.807, 2.05) is 7.05 Å². The fraction of sp³-hybridized carbons (Fsp3) is 1.00. The van der Waals surface area contributed by atoms with Gasteiger partial charge in [0, 0.05) is 19.6 Å². The van der Waals surface area contributed by atoms with Crippen LogP contribution in [-0.4, -0.2) is 38.1 Å². The lowest BCUT2D eigenvalue weighted by molar-refractivity contribution is 0.185. The quantitative estimate of drug-likeness (QED) is 0.654. The Labute approximate surface area is 70.0 Å². The summed E-state index contributed by atoms with van der Waals surface area (Å²) >= 11 is 0. The van der Waals surface area contributed by atoms with Gasteiger partial charge in [-0.05, 0) is 32.4 Å². The first kappa shape index (κ1) is 9.01. The molecule has 0 saturated carbocycles. The zero-order valence-corrected chi connectivity index (χ0v) is 7.77. The van der Waals surface area contributed by atoms with Crippen LogP contribution < -0.4 is 5.32 Å². The molecule has 0 unspecified atom stereocenters. The Morgan fingerprint density at radius 3 is 3.00 bits per heavy atom. The lowest BCUT2D eigenvalue weighted by Crippen LogP contribution is -2.38. The summed E-state index contributed by atoms with van der Waals surface area (Å²) in [5.74, 6) is 0.917. The van der Waals surface area contributed by atoms with Crippen molar-refractivity contribution < 1.29 is 0 Å². The van der Waals surface area contributed by atoms with Crippen LogP contribution in [0.15, 0.2) is 0 Å². The summed E-state index contributed by atoms with van der Waals surface area (Å²) in [6, 6.07) is 0. The minimum absolute atomic E-state index is 0.917. The number of hydrogen-bond acceptors (Lipinski definition) is 2. The summed E-state index contributed by atoms with van der Waals surface area (Å²) in [6.45, 7) is 7.33. The van der Waals surface area contributed by atoms with E-state index in [1.54, 1.807) is 0 Å². The molecule has 0 aromatic carbocycles. The zero-order valence-electron chi connectivity index (χ0n) is 7.77. The van der Waals surface area contributed by atoms with Gasteiger partial charge in [-0.15, -0.1) is 0 Å². The minimum Gasteiger partial charge on any atom is -0.318 e. The standard InChI is InChI=1S/C9H20N2/c1-9-4-3-6-11(8-9)7-5-10-2/h9-10H,3-8H2,1-2H3/t9-/m0/s1. The van der Waals surface area contributed by atoms with Crippen LogP contribution in [0.2, 0.25) is 0 Å². The highest BCUT2D eigenvalue weighted by Crippen LogP contribution is 2.14. The molecule has 1 saturated heterocycles. The summed E-state index contributed by atoms with van der Waals surface area (Å²) in [5, 5.41) is 3.19. The van der Waals surface area contributed by atoms with Gasteiger partial charge in [-0.1, -0.05) is 6.92 Å². The molecule has 0 aromatic rings. The summed E-state index contributed by atoms with van der Waals surface area (Å²) in [6.07, 6.45) is 2.82. The highest BCUT2D eigenvalue weighted by Gasteiger charge is 2.14. The van der Waals surface area contributed by atoms with Crippen LogP contribution in [0.25, 0.3) is 0 Å². The van der Waals surface area contributed by atoms with Gasteiger partial charge in [0.25, 0.3) is 0 Å². The zero-order chi connectivity index (χ0) is 8.10. The lowest BCUT2D eigenvalue weighted by Gasteiger charge is -2.30. The average Bonchev–Trinajstić information content (AvgIpc) is 2.01. The van der Waals surface area contributed by atoms with Crippen molar-refractivity contribution in [3.8, 4) is 0 Å². The van der Waals surface area contributed by atoms with Gasteiger partial charge in [-0.3, -0.25) is 0 Å². The third kappa shape index (κ3) is 3.21. The first-order valence-corrected chi connectivity index (χ1v) is 4.70. The summed E-state index contributed by atoms with van der Waals surface area (Å²) in [5.41, 5.74) is 0. The molecule has 0 bridgehead atoms. The predicted molar refractivity (Wildman–Crippen MR) is 48.8 cm³/mol. The minimum atomic E-state index is 0.917. The molecule has 1 aliphatic rings. The Morgan fingerprint density at radius 1 is 1.55 bits per heavy atom. The Balaban J connectivity index is 2.12. The van der Waals surface area contributed by atoms with Crippen LogP contribution in [0.5, 0.6) is 0 Å². The van der Waals surface area contributed by atoms with Gasteiger partial charge < -0.3 is 10.2 Å². The number of piperidine rings is 1. The van der Waals surface area contributed by atoms with Crippen molar-refractivity contribution in [3.05, 3.63) is 0 Å². The first-order chi connectivity index (χ1) is 5.33. The van der Waals surface area contributed by atoms with Crippen LogP contribution in [-0.2, 0) is 0 Å². The van der Waals surface area contributed by atoms with Crippen molar-refractivity contribution in [1.82, 2.24) is 10.2 Å². The molecule has 1 heterocycles. The van der Waals surface area contributed by atoms with Gasteiger partial charge in [-0.2, -0.15) is 0 Å². The lowest BCUT2D eigenvalue weighted by atomic mass is 10.0. The van der Waals surface area contributed by atoms with Crippen molar-refractivity contribution in [3.63, 3.8) is 0 Å². The number of likely N-dealkylation sites (N-methyl/N-ethyl adjacent to an activating group) is 1. The van der Waals surface area contributed by atoms with Gasteiger partial charge in [0.1, 0.15) is 0 Å². The van der Waals surface area contributed by atoms with E-state index >= 15 is 0 Å². The van der Waals surface area contributed by atoms with Crippen molar-refractivity contribution in [2.24, 2.45) is 5.92 Å². The van der Waals surface area contributed by atoms with Crippen LogP contribution in [0, 0.1) is 5.92 Å².